The van der Waals surface area contributed by atoms with E-state index in [0.29, 0.717) is 25.2 Å². The number of carbonyl (C=O) groups is 1. The average molecular weight is 435 g/mol. The molecule has 0 radical (unpaired) electrons. The molecule has 0 saturated heterocycles. The van der Waals surface area contributed by atoms with Gasteiger partial charge in [0.2, 0.25) is 11.9 Å². The number of aliphatic hydroxyl groups excluding tert-OH is 1. The first-order chi connectivity index (χ1) is 15.3. The van der Waals surface area contributed by atoms with Gasteiger partial charge in [-0.15, -0.1) is 0 Å². The Kier molecular flexibility index (Phi) is 7.83. The number of hydrogen-bond donors (Lipinski definition) is 3. The minimum atomic E-state index is -1.04. The third-order valence-electron chi connectivity index (χ3n) is 6.11. The molecular weight excluding hydrogens is 400 g/mol. The second kappa shape index (κ2) is 10.6. The van der Waals surface area contributed by atoms with Gasteiger partial charge in [0.05, 0.1) is 11.5 Å². The summed E-state index contributed by atoms with van der Waals surface area (Å²) in [5.74, 6) is 0.232. The van der Waals surface area contributed by atoms with Gasteiger partial charge in [-0.05, 0) is 51.2 Å². The number of nitrogens with two attached hydrogens (primary N) is 1. The number of anilines is 1. The van der Waals surface area contributed by atoms with Crippen LogP contribution in [0, 0.1) is 5.41 Å². The number of imidazole rings is 1. The monoisotopic (exact) mass is 434 g/mol. The van der Waals surface area contributed by atoms with Crippen molar-refractivity contribution in [2.24, 2.45) is 11.1 Å². The zero-order valence-electron chi connectivity index (χ0n) is 19.1. The predicted octanol–water partition coefficient (Wildman–Crippen LogP) is 3.97. The maximum atomic E-state index is 13.6. The van der Waals surface area contributed by atoms with Gasteiger partial charge in [-0.25, -0.2) is 4.98 Å². The van der Waals surface area contributed by atoms with E-state index >= 15 is 0 Å². The molecule has 3 aromatic rings. The van der Waals surface area contributed by atoms with Crippen LogP contribution in [-0.2, 0) is 17.6 Å². The maximum absolute atomic E-state index is 13.6. The van der Waals surface area contributed by atoms with Crippen molar-refractivity contribution in [1.29, 1.82) is 0 Å². The first kappa shape index (κ1) is 23.7. The molecule has 170 valence electrons. The summed E-state index contributed by atoms with van der Waals surface area (Å²) in [6, 6.07) is 19.1. The van der Waals surface area contributed by atoms with E-state index in [1.807, 2.05) is 92.2 Å². The number of nitrogens with one attached hydrogen (secondary N) is 1. The van der Waals surface area contributed by atoms with E-state index in [-0.39, 0.29) is 11.9 Å². The molecule has 1 heterocycles. The summed E-state index contributed by atoms with van der Waals surface area (Å²) in [6.45, 7) is 5.88. The number of aromatic nitrogens is 2. The van der Waals surface area contributed by atoms with Crippen LogP contribution in [0.3, 0.4) is 0 Å². The van der Waals surface area contributed by atoms with Crippen molar-refractivity contribution in [3.8, 4) is 0 Å². The molecule has 0 fully saturated rings. The number of carbonyl (C=O) groups excluding carboxylic acids is 1. The quantitative estimate of drug-likeness (QED) is 0.450. The van der Waals surface area contributed by atoms with Crippen LogP contribution < -0.4 is 11.1 Å². The van der Waals surface area contributed by atoms with Crippen molar-refractivity contribution in [1.82, 2.24) is 9.55 Å². The molecule has 3 atom stereocenters. The molecule has 2 aromatic carbocycles. The molecule has 1 aromatic heterocycles. The zero-order valence-corrected chi connectivity index (χ0v) is 19.1. The Hall–Kier alpha value is -2.96. The third-order valence-corrected chi connectivity index (χ3v) is 6.11. The summed E-state index contributed by atoms with van der Waals surface area (Å²) in [7, 11) is 0. The van der Waals surface area contributed by atoms with Gasteiger partial charge in [0, 0.05) is 24.5 Å². The Morgan fingerprint density at radius 3 is 2.28 bits per heavy atom. The van der Waals surface area contributed by atoms with Gasteiger partial charge in [-0.2, -0.15) is 0 Å². The molecule has 0 bridgehead atoms. The molecule has 4 N–H and O–H groups in total. The Morgan fingerprint density at radius 2 is 1.69 bits per heavy atom. The molecule has 6 nitrogen and oxygen atoms in total. The van der Waals surface area contributed by atoms with Crippen molar-refractivity contribution >= 4 is 11.9 Å². The number of nitrogens with zero attached hydrogens (tertiary/aromatic N) is 2. The van der Waals surface area contributed by atoms with Crippen LogP contribution in [0.25, 0.3) is 0 Å². The molecule has 0 saturated carbocycles. The van der Waals surface area contributed by atoms with Crippen molar-refractivity contribution in [3.05, 3.63) is 84.2 Å². The topological polar surface area (TPSA) is 93.2 Å². The van der Waals surface area contributed by atoms with Gasteiger partial charge < -0.3 is 15.4 Å². The van der Waals surface area contributed by atoms with Crippen LogP contribution in [0.5, 0.6) is 0 Å². The molecule has 3 unspecified atom stereocenters. The minimum Gasteiger partial charge on any atom is -0.391 e. The number of aryl methyl sites for hydroxylation is 1. The first-order valence-corrected chi connectivity index (χ1v) is 11.2. The van der Waals surface area contributed by atoms with Crippen molar-refractivity contribution < 1.29 is 9.90 Å². The Labute approximate surface area is 190 Å². The predicted molar refractivity (Wildman–Crippen MR) is 128 cm³/mol. The van der Waals surface area contributed by atoms with E-state index in [1.54, 1.807) is 6.20 Å². The van der Waals surface area contributed by atoms with Crippen LogP contribution in [0.4, 0.5) is 5.95 Å². The van der Waals surface area contributed by atoms with Crippen molar-refractivity contribution in [3.63, 3.8) is 0 Å². The second-order valence-electron chi connectivity index (χ2n) is 8.90. The number of benzene rings is 2. The Morgan fingerprint density at radius 1 is 1.09 bits per heavy atom. The summed E-state index contributed by atoms with van der Waals surface area (Å²) in [5.41, 5.74) is 7.68. The van der Waals surface area contributed by atoms with Crippen LogP contribution in [-0.4, -0.2) is 32.7 Å². The second-order valence-corrected chi connectivity index (χ2v) is 8.90. The highest BCUT2D eigenvalue weighted by molar-refractivity contribution is 5.94. The molecule has 0 aliphatic rings. The molecule has 1 amide bonds. The van der Waals surface area contributed by atoms with E-state index in [1.165, 1.54) is 0 Å². The lowest BCUT2D eigenvalue weighted by atomic mass is 9.73. The van der Waals surface area contributed by atoms with Gasteiger partial charge in [0.15, 0.2) is 0 Å². The van der Waals surface area contributed by atoms with Gasteiger partial charge in [0.1, 0.15) is 0 Å². The largest absolute Gasteiger partial charge is 0.391 e. The average Bonchev–Trinajstić information content (AvgIpc) is 3.26. The molecule has 0 aliphatic carbocycles. The van der Waals surface area contributed by atoms with E-state index in [2.05, 4.69) is 10.3 Å². The highest BCUT2D eigenvalue weighted by Gasteiger charge is 2.43. The maximum Gasteiger partial charge on any atom is 0.234 e. The van der Waals surface area contributed by atoms with Gasteiger partial charge in [-0.1, -0.05) is 60.7 Å². The fraction of sp³-hybridized carbons (Fsp3) is 0.385. The molecule has 3 rings (SSSR count). The minimum absolute atomic E-state index is 0.151. The SMILES string of the molecule is CC(C)n1ccnc1NC(=O)C(C)(Cc1ccccc1)C(N)C(O)CCc1ccccc1. The van der Waals surface area contributed by atoms with Crippen LogP contribution in [0.2, 0.25) is 0 Å². The Balaban J connectivity index is 1.82. The van der Waals surface area contributed by atoms with E-state index < -0.39 is 17.6 Å². The standard InChI is InChI=1S/C26H34N4O2/c1-19(2)30-17-16-28-25(30)29-24(32)26(3,18-21-12-8-5-9-13-21)23(27)22(31)15-14-20-10-6-4-7-11-20/h4-13,16-17,19,22-23,31H,14-15,18,27H2,1-3H3,(H,28,29,32). The first-order valence-electron chi connectivity index (χ1n) is 11.2. The van der Waals surface area contributed by atoms with Gasteiger partial charge >= 0.3 is 0 Å². The normalized spacial score (nSPS) is 15.2. The van der Waals surface area contributed by atoms with E-state index in [4.69, 9.17) is 5.73 Å². The van der Waals surface area contributed by atoms with Crippen LogP contribution >= 0.6 is 0 Å². The van der Waals surface area contributed by atoms with Crippen molar-refractivity contribution in [2.45, 2.75) is 58.2 Å². The summed E-state index contributed by atoms with van der Waals surface area (Å²) in [6.07, 6.45) is 4.24. The number of rotatable bonds is 10. The smallest absolute Gasteiger partial charge is 0.234 e. The van der Waals surface area contributed by atoms with Crippen LogP contribution in [0.15, 0.2) is 73.1 Å². The fourth-order valence-corrected chi connectivity index (χ4v) is 4.00. The van der Waals surface area contributed by atoms with Gasteiger partial charge in [0.25, 0.3) is 0 Å². The molecule has 6 heteroatoms. The fourth-order valence-electron chi connectivity index (χ4n) is 4.00. The molecular formula is C26H34N4O2. The lowest BCUT2D eigenvalue weighted by Crippen LogP contribution is -2.55. The number of hydrogen-bond acceptors (Lipinski definition) is 4. The Bertz CT molecular complexity index is 987. The number of aliphatic hydroxyl groups is 1. The lowest BCUT2D eigenvalue weighted by Gasteiger charge is -2.37. The van der Waals surface area contributed by atoms with E-state index in [0.717, 1.165) is 11.1 Å². The summed E-state index contributed by atoms with van der Waals surface area (Å²) < 4.78 is 1.90. The van der Waals surface area contributed by atoms with Crippen molar-refractivity contribution in [2.75, 3.05) is 5.32 Å². The lowest BCUT2D eigenvalue weighted by molar-refractivity contribution is -0.127. The highest BCUT2D eigenvalue weighted by atomic mass is 16.3. The summed E-state index contributed by atoms with van der Waals surface area (Å²) in [5, 5.41) is 13.9. The zero-order chi connectivity index (χ0) is 23.1. The molecule has 0 spiro atoms. The summed E-state index contributed by atoms with van der Waals surface area (Å²) in [4.78, 5) is 17.9. The third kappa shape index (κ3) is 5.64. The summed E-state index contributed by atoms with van der Waals surface area (Å²) >= 11 is 0. The number of amides is 1. The van der Waals surface area contributed by atoms with Crippen LogP contribution in [0.1, 0.15) is 44.4 Å². The molecule has 0 aliphatic heterocycles. The van der Waals surface area contributed by atoms with E-state index in [9.17, 15) is 9.90 Å². The highest BCUT2D eigenvalue weighted by Crippen LogP contribution is 2.31. The molecule has 32 heavy (non-hydrogen) atoms. The van der Waals surface area contributed by atoms with Gasteiger partial charge in [-0.3, -0.25) is 10.1 Å².